The van der Waals surface area contributed by atoms with E-state index in [0.717, 1.165) is 17.3 Å². The second kappa shape index (κ2) is 7.63. The first-order valence-electron chi connectivity index (χ1n) is 7.55. The number of hydrogen-bond acceptors (Lipinski definition) is 2. The van der Waals surface area contributed by atoms with E-state index in [-0.39, 0.29) is 18.5 Å². The molecule has 1 aromatic carbocycles. The van der Waals surface area contributed by atoms with E-state index in [1.807, 2.05) is 17.0 Å². The third kappa shape index (κ3) is 4.00. The van der Waals surface area contributed by atoms with E-state index in [1.54, 1.807) is 0 Å². The highest BCUT2D eigenvalue weighted by atomic mass is 79.9. The largest absolute Gasteiger partial charge is 0.481 e. The van der Waals surface area contributed by atoms with E-state index < -0.39 is 5.97 Å². The van der Waals surface area contributed by atoms with Crippen LogP contribution in [0.3, 0.4) is 0 Å². The van der Waals surface area contributed by atoms with Crippen molar-refractivity contribution in [2.45, 2.75) is 45.2 Å². The first-order chi connectivity index (χ1) is 10.5. The molecule has 2 amide bonds. The fourth-order valence-corrected chi connectivity index (χ4v) is 3.35. The molecule has 1 aliphatic rings. The minimum absolute atomic E-state index is 0.0767. The SMILES string of the molecule is CCC1Cc2c(Br)cccc2CN1C(=O)NCCCC(=O)O. The first kappa shape index (κ1) is 16.8. The Morgan fingerprint density at radius 1 is 1.45 bits per heavy atom. The molecule has 120 valence electrons. The summed E-state index contributed by atoms with van der Waals surface area (Å²) < 4.78 is 1.10. The normalized spacial score (nSPS) is 17.0. The number of hydrogen-bond donors (Lipinski definition) is 2. The maximum Gasteiger partial charge on any atom is 0.317 e. The van der Waals surface area contributed by atoms with Crippen LogP contribution in [0.15, 0.2) is 22.7 Å². The standard InChI is InChI=1S/C16H21BrN2O3/c1-2-12-9-13-11(5-3-6-14(13)17)10-19(12)16(22)18-8-4-7-15(20)21/h3,5-6,12H,2,4,7-10H2,1H3,(H,18,22)(H,20,21). The number of halogens is 1. The summed E-state index contributed by atoms with van der Waals surface area (Å²) >= 11 is 3.59. The highest BCUT2D eigenvalue weighted by molar-refractivity contribution is 9.10. The molecule has 2 rings (SSSR count). The van der Waals surface area contributed by atoms with Gasteiger partial charge in [0.2, 0.25) is 0 Å². The van der Waals surface area contributed by atoms with E-state index in [2.05, 4.69) is 34.2 Å². The van der Waals surface area contributed by atoms with Gasteiger partial charge in [0.25, 0.3) is 0 Å². The van der Waals surface area contributed by atoms with Crippen LogP contribution in [0.4, 0.5) is 4.79 Å². The summed E-state index contributed by atoms with van der Waals surface area (Å²) in [5.74, 6) is -0.836. The Kier molecular flexibility index (Phi) is 5.83. The van der Waals surface area contributed by atoms with Crippen LogP contribution in [0.25, 0.3) is 0 Å². The lowest BCUT2D eigenvalue weighted by atomic mass is 9.93. The second-order valence-electron chi connectivity index (χ2n) is 5.50. The number of nitrogens with zero attached hydrogens (tertiary/aromatic N) is 1. The van der Waals surface area contributed by atoms with Crippen LogP contribution in [0.1, 0.15) is 37.3 Å². The van der Waals surface area contributed by atoms with Crippen molar-refractivity contribution >= 4 is 27.9 Å². The lowest BCUT2D eigenvalue weighted by molar-refractivity contribution is -0.137. The third-order valence-corrected chi connectivity index (χ3v) is 4.76. The van der Waals surface area contributed by atoms with Crippen LogP contribution in [0.2, 0.25) is 0 Å². The van der Waals surface area contributed by atoms with Crippen molar-refractivity contribution in [3.05, 3.63) is 33.8 Å². The molecule has 1 aliphatic heterocycles. The number of carboxylic acid groups (broad SMARTS) is 1. The third-order valence-electron chi connectivity index (χ3n) is 4.01. The van der Waals surface area contributed by atoms with E-state index in [4.69, 9.17) is 5.11 Å². The number of fused-ring (bicyclic) bond motifs is 1. The van der Waals surface area contributed by atoms with Crippen molar-refractivity contribution in [1.82, 2.24) is 10.2 Å². The fraction of sp³-hybridized carbons (Fsp3) is 0.500. The number of nitrogens with one attached hydrogen (secondary N) is 1. The lowest BCUT2D eigenvalue weighted by Crippen LogP contribution is -2.49. The Morgan fingerprint density at radius 2 is 2.23 bits per heavy atom. The number of benzene rings is 1. The summed E-state index contributed by atoms with van der Waals surface area (Å²) in [5, 5.41) is 11.4. The summed E-state index contributed by atoms with van der Waals surface area (Å²) in [6.45, 7) is 3.07. The van der Waals surface area contributed by atoms with Gasteiger partial charge in [-0.15, -0.1) is 0 Å². The summed E-state index contributed by atoms with van der Waals surface area (Å²) in [7, 11) is 0. The van der Waals surface area contributed by atoms with Gasteiger partial charge in [0.1, 0.15) is 0 Å². The number of carbonyl (C=O) groups excluding carboxylic acids is 1. The lowest BCUT2D eigenvalue weighted by Gasteiger charge is -2.37. The van der Waals surface area contributed by atoms with Gasteiger partial charge in [-0.25, -0.2) is 4.79 Å². The summed E-state index contributed by atoms with van der Waals surface area (Å²) in [6.07, 6.45) is 2.26. The molecule has 1 aromatic rings. The molecule has 1 heterocycles. The Balaban J connectivity index is 2.00. The van der Waals surface area contributed by atoms with Crippen molar-refractivity contribution in [2.24, 2.45) is 0 Å². The smallest absolute Gasteiger partial charge is 0.317 e. The minimum Gasteiger partial charge on any atom is -0.481 e. The maximum atomic E-state index is 12.4. The highest BCUT2D eigenvalue weighted by Crippen LogP contribution is 2.30. The van der Waals surface area contributed by atoms with Crippen LogP contribution in [0.5, 0.6) is 0 Å². The molecule has 5 nitrogen and oxygen atoms in total. The molecule has 6 heteroatoms. The predicted octanol–water partition coefficient (Wildman–Crippen LogP) is 3.16. The van der Waals surface area contributed by atoms with Crippen molar-refractivity contribution in [2.75, 3.05) is 6.54 Å². The summed E-state index contributed by atoms with van der Waals surface area (Å²) in [6, 6.07) is 6.13. The average molecular weight is 369 g/mol. The molecule has 0 spiro atoms. The number of urea groups is 1. The molecule has 0 bridgehead atoms. The highest BCUT2D eigenvalue weighted by Gasteiger charge is 2.29. The Hall–Kier alpha value is -1.56. The van der Waals surface area contributed by atoms with Gasteiger partial charge < -0.3 is 15.3 Å². The van der Waals surface area contributed by atoms with Crippen LogP contribution in [-0.4, -0.2) is 34.6 Å². The second-order valence-corrected chi connectivity index (χ2v) is 6.36. The van der Waals surface area contributed by atoms with Crippen molar-refractivity contribution < 1.29 is 14.7 Å². The maximum absolute atomic E-state index is 12.4. The molecule has 1 atom stereocenters. The molecular weight excluding hydrogens is 348 g/mol. The molecule has 2 N–H and O–H groups in total. The molecule has 0 fully saturated rings. The van der Waals surface area contributed by atoms with E-state index in [0.29, 0.717) is 19.5 Å². The zero-order chi connectivity index (χ0) is 16.1. The van der Waals surface area contributed by atoms with Gasteiger partial charge in [-0.2, -0.15) is 0 Å². The van der Waals surface area contributed by atoms with E-state index >= 15 is 0 Å². The number of carboxylic acids is 1. The van der Waals surface area contributed by atoms with E-state index in [1.165, 1.54) is 11.1 Å². The Morgan fingerprint density at radius 3 is 2.91 bits per heavy atom. The molecule has 0 aliphatic carbocycles. The van der Waals surface area contributed by atoms with Crippen molar-refractivity contribution in [1.29, 1.82) is 0 Å². The number of aliphatic carboxylic acids is 1. The summed E-state index contributed by atoms with van der Waals surface area (Å²) in [5.41, 5.74) is 2.45. The predicted molar refractivity (Wildman–Crippen MR) is 87.7 cm³/mol. The number of rotatable bonds is 5. The molecule has 0 radical (unpaired) electrons. The average Bonchev–Trinajstić information content (AvgIpc) is 2.50. The zero-order valence-corrected chi connectivity index (χ0v) is 14.2. The number of amides is 2. The fourth-order valence-electron chi connectivity index (χ4n) is 2.78. The van der Waals surface area contributed by atoms with Crippen LogP contribution in [-0.2, 0) is 17.8 Å². The van der Waals surface area contributed by atoms with Gasteiger partial charge in [-0.05, 0) is 36.5 Å². The summed E-state index contributed by atoms with van der Waals surface area (Å²) in [4.78, 5) is 24.7. The molecule has 1 unspecified atom stereocenters. The van der Waals surface area contributed by atoms with Gasteiger partial charge in [0.05, 0.1) is 0 Å². The molecule has 0 aromatic heterocycles. The van der Waals surface area contributed by atoms with Gasteiger partial charge in [-0.3, -0.25) is 4.79 Å². The van der Waals surface area contributed by atoms with Crippen LogP contribution >= 0.6 is 15.9 Å². The van der Waals surface area contributed by atoms with Crippen LogP contribution in [0, 0.1) is 0 Å². The van der Waals surface area contributed by atoms with Gasteiger partial charge in [0.15, 0.2) is 0 Å². The quantitative estimate of drug-likeness (QED) is 0.784. The Labute approximate surface area is 138 Å². The zero-order valence-electron chi connectivity index (χ0n) is 12.6. The van der Waals surface area contributed by atoms with Gasteiger partial charge >= 0.3 is 12.0 Å². The van der Waals surface area contributed by atoms with E-state index in [9.17, 15) is 9.59 Å². The Bertz CT molecular complexity index is 562. The topological polar surface area (TPSA) is 69.6 Å². The van der Waals surface area contributed by atoms with Crippen molar-refractivity contribution in [3.8, 4) is 0 Å². The molecular formula is C16H21BrN2O3. The molecule has 22 heavy (non-hydrogen) atoms. The van der Waals surface area contributed by atoms with Crippen LogP contribution < -0.4 is 5.32 Å². The van der Waals surface area contributed by atoms with Gasteiger partial charge in [-0.1, -0.05) is 35.0 Å². The molecule has 0 saturated heterocycles. The number of carbonyl (C=O) groups is 2. The first-order valence-corrected chi connectivity index (χ1v) is 8.34. The van der Waals surface area contributed by atoms with Crippen molar-refractivity contribution in [3.63, 3.8) is 0 Å². The van der Waals surface area contributed by atoms with Gasteiger partial charge in [0, 0.05) is 30.0 Å². The monoisotopic (exact) mass is 368 g/mol. The minimum atomic E-state index is -0.836. The molecule has 0 saturated carbocycles.